The Morgan fingerprint density at radius 3 is 2.56 bits per heavy atom. The van der Waals surface area contributed by atoms with E-state index in [1.165, 1.54) is 13.1 Å². The molecular weight excluding hydrogens is 204 g/mol. The molecule has 16 heavy (non-hydrogen) atoms. The quantitative estimate of drug-likeness (QED) is 0.623. The number of rotatable bonds is 8. The van der Waals surface area contributed by atoms with Gasteiger partial charge in [0.2, 0.25) is 0 Å². The SMILES string of the molecule is CC(C)OCCOCCCN1CCNCC1. The van der Waals surface area contributed by atoms with Gasteiger partial charge in [0.25, 0.3) is 0 Å². The van der Waals surface area contributed by atoms with Crippen molar-refractivity contribution < 1.29 is 9.47 Å². The summed E-state index contributed by atoms with van der Waals surface area (Å²) in [5, 5.41) is 3.35. The van der Waals surface area contributed by atoms with E-state index in [1.54, 1.807) is 0 Å². The van der Waals surface area contributed by atoms with E-state index in [0.717, 1.165) is 39.3 Å². The van der Waals surface area contributed by atoms with Gasteiger partial charge in [-0.05, 0) is 20.3 Å². The lowest BCUT2D eigenvalue weighted by atomic mass is 10.3. The molecule has 1 aliphatic rings. The smallest absolute Gasteiger partial charge is 0.0703 e. The van der Waals surface area contributed by atoms with Crippen molar-refractivity contribution in [3.63, 3.8) is 0 Å². The van der Waals surface area contributed by atoms with E-state index in [2.05, 4.69) is 10.2 Å². The highest BCUT2D eigenvalue weighted by atomic mass is 16.5. The summed E-state index contributed by atoms with van der Waals surface area (Å²) in [6.45, 7) is 12.1. The van der Waals surface area contributed by atoms with Crippen molar-refractivity contribution in [3.05, 3.63) is 0 Å². The van der Waals surface area contributed by atoms with Gasteiger partial charge in [0.1, 0.15) is 0 Å². The van der Waals surface area contributed by atoms with E-state index in [1.807, 2.05) is 13.8 Å². The number of hydrogen-bond donors (Lipinski definition) is 1. The van der Waals surface area contributed by atoms with Crippen molar-refractivity contribution in [3.8, 4) is 0 Å². The zero-order chi connectivity index (χ0) is 11.6. The van der Waals surface area contributed by atoms with Crippen molar-refractivity contribution >= 4 is 0 Å². The highest BCUT2D eigenvalue weighted by molar-refractivity contribution is 4.66. The van der Waals surface area contributed by atoms with E-state index in [-0.39, 0.29) is 0 Å². The van der Waals surface area contributed by atoms with Gasteiger partial charge in [0.15, 0.2) is 0 Å². The minimum Gasteiger partial charge on any atom is -0.379 e. The second-order valence-electron chi connectivity index (χ2n) is 4.48. The molecule has 0 unspecified atom stereocenters. The first-order valence-corrected chi connectivity index (χ1v) is 6.41. The standard InChI is InChI=1S/C12H26N2O2/c1-12(2)16-11-10-15-9-3-6-14-7-4-13-5-8-14/h12-13H,3-11H2,1-2H3. The molecule has 0 aromatic heterocycles. The molecule has 1 fully saturated rings. The fourth-order valence-electron chi connectivity index (χ4n) is 1.77. The summed E-state index contributed by atoms with van der Waals surface area (Å²) in [5.41, 5.74) is 0. The summed E-state index contributed by atoms with van der Waals surface area (Å²) in [5.74, 6) is 0. The lowest BCUT2D eigenvalue weighted by molar-refractivity contribution is 0.0173. The second-order valence-corrected chi connectivity index (χ2v) is 4.48. The third-order valence-electron chi connectivity index (χ3n) is 2.65. The molecule has 4 nitrogen and oxygen atoms in total. The molecule has 0 amide bonds. The minimum absolute atomic E-state index is 0.310. The molecule has 1 heterocycles. The second kappa shape index (κ2) is 8.93. The molecule has 0 aliphatic carbocycles. The van der Waals surface area contributed by atoms with Gasteiger partial charge in [0.05, 0.1) is 19.3 Å². The van der Waals surface area contributed by atoms with Crippen LogP contribution in [0.3, 0.4) is 0 Å². The van der Waals surface area contributed by atoms with Gasteiger partial charge in [-0.3, -0.25) is 0 Å². The van der Waals surface area contributed by atoms with Crippen LogP contribution in [0.4, 0.5) is 0 Å². The first kappa shape index (κ1) is 13.9. The van der Waals surface area contributed by atoms with Crippen molar-refractivity contribution in [1.29, 1.82) is 0 Å². The fourth-order valence-corrected chi connectivity index (χ4v) is 1.77. The highest BCUT2D eigenvalue weighted by Crippen LogP contribution is 1.95. The molecule has 0 saturated carbocycles. The molecule has 0 atom stereocenters. The average Bonchev–Trinajstić information content (AvgIpc) is 2.29. The van der Waals surface area contributed by atoms with Gasteiger partial charge < -0.3 is 19.7 Å². The summed E-state index contributed by atoms with van der Waals surface area (Å²) in [4.78, 5) is 2.49. The molecule has 0 radical (unpaired) electrons. The van der Waals surface area contributed by atoms with Crippen molar-refractivity contribution in [2.45, 2.75) is 26.4 Å². The maximum atomic E-state index is 5.51. The van der Waals surface area contributed by atoms with E-state index >= 15 is 0 Å². The lowest BCUT2D eigenvalue weighted by Crippen LogP contribution is -2.43. The van der Waals surface area contributed by atoms with Crippen LogP contribution in [0, 0.1) is 0 Å². The van der Waals surface area contributed by atoms with Crippen LogP contribution in [0.2, 0.25) is 0 Å². The van der Waals surface area contributed by atoms with Gasteiger partial charge in [-0.2, -0.15) is 0 Å². The molecule has 0 spiro atoms. The Kier molecular flexibility index (Phi) is 7.76. The van der Waals surface area contributed by atoms with Gasteiger partial charge in [-0.1, -0.05) is 0 Å². The van der Waals surface area contributed by atoms with Crippen LogP contribution in [0.25, 0.3) is 0 Å². The number of piperazine rings is 1. The third kappa shape index (κ3) is 7.17. The van der Waals surface area contributed by atoms with Crippen molar-refractivity contribution in [1.82, 2.24) is 10.2 Å². The molecule has 1 saturated heterocycles. The molecule has 96 valence electrons. The molecule has 1 rings (SSSR count). The van der Waals surface area contributed by atoms with Crippen LogP contribution in [0.5, 0.6) is 0 Å². The van der Waals surface area contributed by atoms with Crippen LogP contribution in [0.1, 0.15) is 20.3 Å². The zero-order valence-electron chi connectivity index (χ0n) is 10.7. The predicted octanol–water partition coefficient (Wildman–Crippen LogP) is 0.723. The summed E-state index contributed by atoms with van der Waals surface area (Å²) in [6.07, 6.45) is 1.44. The Morgan fingerprint density at radius 2 is 1.88 bits per heavy atom. The Morgan fingerprint density at radius 1 is 1.12 bits per heavy atom. The van der Waals surface area contributed by atoms with Crippen molar-refractivity contribution in [2.24, 2.45) is 0 Å². The molecule has 0 bridgehead atoms. The monoisotopic (exact) mass is 230 g/mol. The van der Waals surface area contributed by atoms with E-state index in [0.29, 0.717) is 12.7 Å². The first-order valence-electron chi connectivity index (χ1n) is 6.41. The number of nitrogens with zero attached hydrogens (tertiary/aromatic N) is 1. The zero-order valence-corrected chi connectivity index (χ0v) is 10.7. The number of nitrogens with one attached hydrogen (secondary N) is 1. The maximum Gasteiger partial charge on any atom is 0.0703 e. The van der Waals surface area contributed by atoms with E-state index in [4.69, 9.17) is 9.47 Å². The lowest BCUT2D eigenvalue weighted by Gasteiger charge is -2.26. The molecular formula is C12H26N2O2. The number of ether oxygens (including phenoxy) is 2. The Balaban J connectivity index is 1.80. The number of hydrogen-bond acceptors (Lipinski definition) is 4. The van der Waals surface area contributed by atoms with E-state index < -0.39 is 0 Å². The summed E-state index contributed by atoms with van der Waals surface area (Å²) >= 11 is 0. The van der Waals surface area contributed by atoms with Crippen LogP contribution in [0.15, 0.2) is 0 Å². The molecule has 1 aliphatic heterocycles. The molecule has 4 heteroatoms. The minimum atomic E-state index is 0.310. The van der Waals surface area contributed by atoms with Gasteiger partial charge in [-0.15, -0.1) is 0 Å². The van der Waals surface area contributed by atoms with Crippen LogP contribution in [-0.2, 0) is 9.47 Å². The van der Waals surface area contributed by atoms with Gasteiger partial charge in [0, 0.05) is 39.3 Å². The van der Waals surface area contributed by atoms with Crippen molar-refractivity contribution in [2.75, 3.05) is 52.5 Å². The van der Waals surface area contributed by atoms with Gasteiger partial charge in [-0.25, -0.2) is 0 Å². The highest BCUT2D eigenvalue weighted by Gasteiger charge is 2.07. The molecule has 1 N–H and O–H groups in total. The van der Waals surface area contributed by atoms with Crippen LogP contribution < -0.4 is 5.32 Å². The maximum absolute atomic E-state index is 5.51. The predicted molar refractivity (Wildman–Crippen MR) is 65.8 cm³/mol. The molecule has 0 aromatic rings. The van der Waals surface area contributed by atoms with Gasteiger partial charge >= 0.3 is 0 Å². The summed E-state index contributed by atoms with van der Waals surface area (Å²) < 4.78 is 10.9. The topological polar surface area (TPSA) is 33.7 Å². The summed E-state index contributed by atoms with van der Waals surface area (Å²) in [7, 11) is 0. The average molecular weight is 230 g/mol. The Hall–Kier alpha value is -0.160. The summed E-state index contributed by atoms with van der Waals surface area (Å²) in [6, 6.07) is 0. The van der Waals surface area contributed by atoms with E-state index in [9.17, 15) is 0 Å². The third-order valence-corrected chi connectivity index (χ3v) is 2.65. The Labute approximate surface area is 99.3 Å². The van der Waals surface area contributed by atoms with Crippen LogP contribution in [-0.4, -0.2) is 63.5 Å². The fraction of sp³-hybridized carbons (Fsp3) is 1.00. The Bertz CT molecular complexity index is 159. The van der Waals surface area contributed by atoms with Crippen LogP contribution >= 0.6 is 0 Å². The molecule has 0 aromatic carbocycles. The first-order chi connectivity index (χ1) is 7.79. The normalized spacial score (nSPS) is 18.2. The largest absolute Gasteiger partial charge is 0.379 e.